The van der Waals surface area contributed by atoms with E-state index in [1.165, 1.54) is 57.4 Å². The zero-order valence-corrected chi connectivity index (χ0v) is 14.2. The standard InChI is InChI=1S/C19H28N2O2/c1-22-18-13-16(14-20-9-2-3-10-20)5-6-17(18)23-19-7-4-11-21(15-19)12-8-19/h5-6,13H,2-4,7-12,14-15H2,1H3/t19-/m0/s1. The van der Waals surface area contributed by atoms with Gasteiger partial charge >= 0.3 is 0 Å². The van der Waals surface area contributed by atoms with Crippen molar-refractivity contribution in [1.82, 2.24) is 9.80 Å². The molecule has 0 radical (unpaired) electrons. The van der Waals surface area contributed by atoms with Crippen LogP contribution >= 0.6 is 0 Å². The number of rotatable bonds is 5. The van der Waals surface area contributed by atoms with Crippen molar-refractivity contribution < 1.29 is 9.47 Å². The Morgan fingerprint density at radius 3 is 2.70 bits per heavy atom. The Balaban J connectivity index is 1.49. The number of methoxy groups -OCH3 is 1. The van der Waals surface area contributed by atoms with Gasteiger partial charge in [0.15, 0.2) is 11.5 Å². The zero-order valence-electron chi connectivity index (χ0n) is 14.2. The van der Waals surface area contributed by atoms with Crippen LogP contribution in [0.1, 0.15) is 37.7 Å². The van der Waals surface area contributed by atoms with Gasteiger partial charge in [-0.3, -0.25) is 9.80 Å². The zero-order chi connectivity index (χ0) is 15.7. The van der Waals surface area contributed by atoms with Gasteiger partial charge in [0.05, 0.1) is 7.11 Å². The summed E-state index contributed by atoms with van der Waals surface area (Å²) in [6.45, 7) is 6.95. The molecule has 0 aliphatic carbocycles. The van der Waals surface area contributed by atoms with Crippen molar-refractivity contribution in [3.8, 4) is 11.5 Å². The lowest BCUT2D eigenvalue weighted by molar-refractivity contribution is 0.0427. The highest BCUT2D eigenvalue weighted by atomic mass is 16.5. The molecule has 2 bridgehead atoms. The van der Waals surface area contributed by atoms with Crippen molar-refractivity contribution in [1.29, 1.82) is 0 Å². The topological polar surface area (TPSA) is 24.9 Å². The van der Waals surface area contributed by atoms with Crippen LogP contribution in [0.4, 0.5) is 0 Å². The predicted molar refractivity (Wildman–Crippen MR) is 91.2 cm³/mol. The van der Waals surface area contributed by atoms with E-state index < -0.39 is 0 Å². The SMILES string of the molecule is COc1cc(CN2CCCC2)ccc1O[C@@]12CCCN(CC1)C2. The minimum Gasteiger partial charge on any atom is -0.493 e. The summed E-state index contributed by atoms with van der Waals surface area (Å²) in [5, 5.41) is 0. The first-order chi connectivity index (χ1) is 11.3. The lowest BCUT2D eigenvalue weighted by Crippen LogP contribution is -2.43. The predicted octanol–water partition coefficient (Wildman–Crippen LogP) is 2.91. The molecule has 0 aromatic heterocycles. The smallest absolute Gasteiger partial charge is 0.162 e. The molecule has 3 fully saturated rings. The summed E-state index contributed by atoms with van der Waals surface area (Å²) in [7, 11) is 1.75. The molecule has 0 N–H and O–H groups in total. The second-order valence-corrected chi connectivity index (χ2v) is 7.38. The maximum absolute atomic E-state index is 6.50. The Hall–Kier alpha value is -1.26. The number of nitrogens with zero attached hydrogens (tertiary/aromatic N) is 2. The normalized spacial score (nSPS) is 30.6. The average molecular weight is 316 g/mol. The van der Waals surface area contributed by atoms with E-state index in [0.717, 1.165) is 31.0 Å². The van der Waals surface area contributed by atoms with Crippen LogP contribution in [0.3, 0.4) is 0 Å². The Kier molecular flexibility index (Phi) is 4.20. The van der Waals surface area contributed by atoms with Crippen LogP contribution in [0.2, 0.25) is 0 Å². The van der Waals surface area contributed by atoms with Crippen molar-refractivity contribution in [2.45, 2.75) is 44.2 Å². The van der Waals surface area contributed by atoms with Gasteiger partial charge in [0.25, 0.3) is 0 Å². The number of piperidine rings is 1. The Morgan fingerprint density at radius 2 is 1.87 bits per heavy atom. The first-order valence-electron chi connectivity index (χ1n) is 9.07. The summed E-state index contributed by atoms with van der Waals surface area (Å²) in [6.07, 6.45) is 6.22. The van der Waals surface area contributed by atoms with Crippen LogP contribution < -0.4 is 9.47 Å². The van der Waals surface area contributed by atoms with Gasteiger partial charge in [0, 0.05) is 26.1 Å². The van der Waals surface area contributed by atoms with E-state index in [0.29, 0.717) is 0 Å². The van der Waals surface area contributed by atoms with E-state index in [1.54, 1.807) is 7.11 Å². The maximum Gasteiger partial charge on any atom is 0.162 e. The molecular formula is C19H28N2O2. The lowest BCUT2D eigenvalue weighted by atomic mass is 9.94. The van der Waals surface area contributed by atoms with Crippen molar-refractivity contribution in [3.63, 3.8) is 0 Å². The molecule has 4 heteroatoms. The molecule has 4 rings (SSSR count). The first-order valence-corrected chi connectivity index (χ1v) is 9.07. The highest BCUT2D eigenvalue weighted by Gasteiger charge is 2.43. The molecule has 23 heavy (non-hydrogen) atoms. The number of likely N-dealkylation sites (tertiary alicyclic amines) is 1. The van der Waals surface area contributed by atoms with Gasteiger partial charge in [-0.05, 0) is 63.0 Å². The summed E-state index contributed by atoms with van der Waals surface area (Å²) in [6, 6.07) is 6.50. The van der Waals surface area contributed by atoms with E-state index in [4.69, 9.17) is 9.47 Å². The molecule has 1 unspecified atom stereocenters. The molecular weight excluding hydrogens is 288 g/mol. The van der Waals surface area contributed by atoms with Crippen LogP contribution in [0, 0.1) is 0 Å². The van der Waals surface area contributed by atoms with Crippen LogP contribution in [-0.4, -0.2) is 55.2 Å². The van der Waals surface area contributed by atoms with Crippen LogP contribution in [0.5, 0.6) is 11.5 Å². The van der Waals surface area contributed by atoms with E-state index in [2.05, 4.69) is 28.0 Å². The van der Waals surface area contributed by atoms with Crippen LogP contribution in [-0.2, 0) is 6.54 Å². The molecule has 4 nitrogen and oxygen atoms in total. The summed E-state index contributed by atoms with van der Waals surface area (Å²) < 4.78 is 12.1. The number of benzene rings is 1. The Labute approximate surface area is 139 Å². The molecule has 3 heterocycles. The van der Waals surface area contributed by atoms with Gasteiger partial charge < -0.3 is 9.47 Å². The molecule has 3 aliphatic rings. The van der Waals surface area contributed by atoms with Gasteiger partial charge in [-0.25, -0.2) is 0 Å². The molecule has 1 aromatic rings. The lowest BCUT2D eigenvalue weighted by Gasteiger charge is -2.35. The van der Waals surface area contributed by atoms with E-state index >= 15 is 0 Å². The van der Waals surface area contributed by atoms with Crippen molar-refractivity contribution >= 4 is 0 Å². The molecule has 126 valence electrons. The van der Waals surface area contributed by atoms with Gasteiger partial charge in [-0.1, -0.05) is 6.07 Å². The van der Waals surface area contributed by atoms with Crippen molar-refractivity contribution in [2.24, 2.45) is 0 Å². The maximum atomic E-state index is 6.50. The van der Waals surface area contributed by atoms with Crippen molar-refractivity contribution in [2.75, 3.05) is 39.8 Å². The minimum absolute atomic E-state index is 0.0159. The fourth-order valence-electron chi connectivity index (χ4n) is 4.41. The third-order valence-electron chi connectivity index (χ3n) is 5.66. The molecule has 0 spiro atoms. The molecule has 2 atom stereocenters. The molecule has 3 saturated heterocycles. The Bertz CT molecular complexity index is 552. The number of ether oxygens (including phenoxy) is 2. The average Bonchev–Trinajstić information content (AvgIpc) is 3.17. The summed E-state index contributed by atoms with van der Waals surface area (Å²) in [5.41, 5.74) is 1.34. The number of hydrogen-bond acceptors (Lipinski definition) is 4. The van der Waals surface area contributed by atoms with Gasteiger partial charge in [0.1, 0.15) is 5.60 Å². The quantitative estimate of drug-likeness (QED) is 0.834. The molecule has 0 saturated carbocycles. The van der Waals surface area contributed by atoms with Gasteiger partial charge in [-0.2, -0.15) is 0 Å². The number of hydrogen-bond donors (Lipinski definition) is 0. The third kappa shape index (κ3) is 3.20. The van der Waals surface area contributed by atoms with Crippen LogP contribution in [0.15, 0.2) is 18.2 Å². The van der Waals surface area contributed by atoms with Gasteiger partial charge in [-0.15, -0.1) is 0 Å². The summed E-state index contributed by atoms with van der Waals surface area (Å²) in [4.78, 5) is 5.04. The highest BCUT2D eigenvalue weighted by Crippen LogP contribution is 2.39. The highest BCUT2D eigenvalue weighted by molar-refractivity contribution is 5.43. The summed E-state index contributed by atoms with van der Waals surface area (Å²) in [5.74, 6) is 1.81. The van der Waals surface area contributed by atoms with Gasteiger partial charge in [0.2, 0.25) is 0 Å². The summed E-state index contributed by atoms with van der Waals surface area (Å²) >= 11 is 0. The monoisotopic (exact) mass is 316 g/mol. The molecule has 1 aromatic carbocycles. The first kappa shape index (κ1) is 15.3. The molecule has 3 aliphatic heterocycles. The largest absolute Gasteiger partial charge is 0.493 e. The van der Waals surface area contributed by atoms with E-state index in [9.17, 15) is 0 Å². The second kappa shape index (κ2) is 6.33. The fourth-order valence-corrected chi connectivity index (χ4v) is 4.41. The second-order valence-electron chi connectivity index (χ2n) is 7.38. The fraction of sp³-hybridized carbons (Fsp3) is 0.684. The van der Waals surface area contributed by atoms with E-state index in [1.807, 2.05) is 0 Å². The Morgan fingerprint density at radius 1 is 1.00 bits per heavy atom. The minimum atomic E-state index is 0.0159. The van der Waals surface area contributed by atoms with Crippen LogP contribution in [0.25, 0.3) is 0 Å². The number of fused-ring (bicyclic) bond motifs is 2. The van der Waals surface area contributed by atoms with E-state index in [-0.39, 0.29) is 5.60 Å². The third-order valence-corrected chi connectivity index (χ3v) is 5.66. The van der Waals surface area contributed by atoms with Crippen molar-refractivity contribution in [3.05, 3.63) is 23.8 Å². The molecule has 0 amide bonds.